The molecule has 0 aromatic heterocycles. The fourth-order valence-electron chi connectivity index (χ4n) is 1.77. The summed E-state index contributed by atoms with van der Waals surface area (Å²) in [5.74, 6) is 0. The molecule has 4 heteroatoms. The molecule has 1 rings (SSSR count). The Hall–Kier alpha value is -0.160. The largest absolute Gasteiger partial charge is 0.389 e. The molecule has 1 fully saturated rings. The summed E-state index contributed by atoms with van der Waals surface area (Å²) < 4.78 is 10.3. The standard InChI is InChI=1S/C10H21NO3/c1-3-4-8(5-13-2)11-9-6-14-7-10(9)12/h8-12H,3-7H2,1-2H3. The molecule has 4 nitrogen and oxygen atoms in total. The van der Waals surface area contributed by atoms with Gasteiger partial charge in [-0.15, -0.1) is 0 Å². The van der Waals surface area contributed by atoms with Crippen molar-refractivity contribution in [2.24, 2.45) is 0 Å². The highest BCUT2D eigenvalue weighted by Crippen LogP contribution is 2.08. The number of nitrogens with one attached hydrogen (secondary N) is 1. The van der Waals surface area contributed by atoms with Crippen LogP contribution >= 0.6 is 0 Å². The van der Waals surface area contributed by atoms with Crippen LogP contribution in [0.2, 0.25) is 0 Å². The van der Waals surface area contributed by atoms with Crippen LogP contribution in [0, 0.1) is 0 Å². The highest BCUT2D eigenvalue weighted by molar-refractivity contribution is 4.83. The van der Waals surface area contributed by atoms with Crippen LogP contribution in [0.5, 0.6) is 0 Å². The van der Waals surface area contributed by atoms with Crippen molar-refractivity contribution in [1.82, 2.24) is 5.32 Å². The first-order chi connectivity index (χ1) is 6.77. The molecule has 1 aliphatic rings. The SMILES string of the molecule is CCCC(COC)NC1COCC1O. The Morgan fingerprint density at radius 1 is 1.57 bits per heavy atom. The number of rotatable bonds is 6. The van der Waals surface area contributed by atoms with E-state index >= 15 is 0 Å². The smallest absolute Gasteiger partial charge is 0.0948 e. The van der Waals surface area contributed by atoms with Gasteiger partial charge in [-0.25, -0.2) is 0 Å². The van der Waals surface area contributed by atoms with Crippen molar-refractivity contribution in [3.05, 3.63) is 0 Å². The zero-order valence-electron chi connectivity index (χ0n) is 9.03. The maximum Gasteiger partial charge on any atom is 0.0948 e. The monoisotopic (exact) mass is 203 g/mol. The van der Waals surface area contributed by atoms with Gasteiger partial charge in [0, 0.05) is 13.2 Å². The molecule has 3 atom stereocenters. The molecule has 0 bridgehead atoms. The van der Waals surface area contributed by atoms with Crippen molar-refractivity contribution in [2.75, 3.05) is 26.9 Å². The minimum absolute atomic E-state index is 0.0710. The fraction of sp³-hybridized carbons (Fsp3) is 1.00. The number of methoxy groups -OCH3 is 1. The molecule has 0 aromatic rings. The third kappa shape index (κ3) is 3.53. The van der Waals surface area contributed by atoms with Crippen molar-refractivity contribution in [3.63, 3.8) is 0 Å². The molecule has 1 heterocycles. The van der Waals surface area contributed by atoms with Crippen molar-refractivity contribution in [2.45, 2.75) is 38.0 Å². The zero-order chi connectivity index (χ0) is 10.4. The second-order valence-corrected chi connectivity index (χ2v) is 3.82. The molecule has 0 aliphatic carbocycles. The molecular formula is C10H21NO3. The zero-order valence-corrected chi connectivity index (χ0v) is 9.03. The molecule has 84 valence electrons. The van der Waals surface area contributed by atoms with Crippen molar-refractivity contribution in [3.8, 4) is 0 Å². The van der Waals surface area contributed by atoms with Gasteiger partial charge in [0.25, 0.3) is 0 Å². The van der Waals surface area contributed by atoms with Gasteiger partial charge < -0.3 is 19.9 Å². The molecule has 0 spiro atoms. The van der Waals surface area contributed by atoms with Gasteiger partial charge in [0.1, 0.15) is 0 Å². The number of aliphatic hydroxyl groups is 1. The normalized spacial score (nSPS) is 29.4. The molecule has 0 aromatic carbocycles. The lowest BCUT2D eigenvalue weighted by atomic mass is 10.1. The van der Waals surface area contributed by atoms with Gasteiger partial charge in [0.15, 0.2) is 0 Å². The molecule has 0 amide bonds. The Balaban J connectivity index is 2.29. The number of hydrogen-bond donors (Lipinski definition) is 2. The van der Waals surface area contributed by atoms with E-state index in [1.807, 2.05) is 0 Å². The lowest BCUT2D eigenvalue weighted by Gasteiger charge is -2.22. The molecule has 0 radical (unpaired) electrons. The molecule has 1 saturated heterocycles. The lowest BCUT2D eigenvalue weighted by Crippen LogP contribution is -2.46. The summed E-state index contributed by atoms with van der Waals surface area (Å²) in [6, 6.07) is 0.396. The van der Waals surface area contributed by atoms with Crippen LogP contribution in [0.15, 0.2) is 0 Å². The number of ether oxygens (including phenoxy) is 2. The highest BCUT2D eigenvalue weighted by Gasteiger charge is 2.27. The van der Waals surface area contributed by atoms with E-state index in [9.17, 15) is 5.11 Å². The Morgan fingerprint density at radius 3 is 2.86 bits per heavy atom. The summed E-state index contributed by atoms with van der Waals surface area (Å²) >= 11 is 0. The Labute approximate surface area is 85.6 Å². The summed E-state index contributed by atoms with van der Waals surface area (Å²) in [5, 5.41) is 12.9. The second-order valence-electron chi connectivity index (χ2n) is 3.82. The van der Waals surface area contributed by atoms with Gasteiger partial charge in [-0.1, -0.05) is 13.3 Å². The number of aliphatic hydroxyl groups excluding tert-OH is 1. The third-order valence-electron chi connectivity index (χ3n) is 2.51. The second kappa shape index (κ2) is 6.35. The van der Waals surface area contributed by atoms with Gasteiger partial charge in [-0.3, -0.25) is 0 Å². The van der Waals surface area contributed by atoms with E-state index in [0.717, 1.165) is 12.8 Å². The van der Waals surface area contributed by atoms with Crippen LogP contribution in [0.4, 0.5) is 0 Å². The Morgan fingerprint density at radius 2 is 2.36 bits per heavy atom. The van der Waals surface area contributed by atoms with Crippen molar-refractivity contribution >= 4 is 0 Å². The molecule has 2 N–H and O–H groups in total. The molecule has 0 saturated carbocycles. The molecule has 3 unspecified atom stereocenters. The average molecular weight is 203 g/mol. The summed E-state index contributed by atoms with van der Waals surface area (Å²) in [6.45, 7) is 3.89. The van der Waals surface area contributed by atoms with Crippen molar-refractivity contribution in [1.29, 1.82) is 0 Å². The van der Waals surface area contributed by atoms with E-state index < -0.39 is 0 Å². The third-order valence-corrected chi connectivity index (χ3v) is 2.51. The predicted octanol–water partition coefficient (Wildman–Crippen LogP) is 0.151. The van der Waals surface area contributed by atoms with E-state index in [1.165, 1.54) is 0 Å². The summed E-state index contributed by atoms with van der Waals surface area (Å²) in [4.78, 5) is 0. The maximum absolute atomic E-state index is 9.55. The minimum atomic E-state index is -0.369. The van der Waals surface area contributed by atoms with E-state index in [4.69, 9.17) is 9.47 Å². The summed E-state index contributed by atoms with van der Waals surface area (Å²) in [6.07, 6.45) is 1.81. The van der Waals surface area contributed by atoms with Crippen LogP contribution in [-0.2, 0) is 9.47 Å². The van der Waals surface area contributed by atoms with Crippen molar-refractivity contribution < 1.29 is 14.6 Å². The topological polar surface area (TPSA) is 50.7 Å². The highest BCUT2D eigenvalue weighted by atomic mass is 16.5. The first-order valence-corrected chi connectivity index (χ1v) is 5.28. The van der Waals surface area contributed by atoms with Gasteiger partial charge in [0.05, 0.1) is 32.0 Å². The average Bonchev–Trinajstić information content (AvgIpc) is 2.53. The van der Waals surface area contributed by atoms with E-state index in [0.29, 0.717) is 25.9 Å². The Kier molecular flexibility index (Phi) is 5.40. The van der Waals surface area contributed by atoms with Gasteiger partial charge in [-0.2, -0.15) is 0 Å². The van der Waals surface area contributed by atoms with Crippen LogP contribution in [0.3, 0.4) is 0 Å². The molecule has 14 heavy (non-hydrogen) atoms. The molecule has 1 aliphatic heterocycles. The maximum atomic E-state index is 9.55. The minimum Gasteiger partial charge on any atom is -0.389 e. The fourth-order valence-corrected chi connectivity index (χ4v) is 1.77. The van der Waals surface area contributed by atoms with Crippen LogP contribution in [-0.4, -0.2) is 50.2 Å². The predicted molar refractivity (Wildman–Crippen MR) is 54.3 cm³/mol. The summed E-state index contributed by atoms with van der Waals surface area (Å²) in [5.41, 5.74) is 0. The Bertz CT molecular complexity index is 148. The van der Waals surface area contributed by atoms with Crippen LogP contribution in [0.25, 0.3) is 0 Å². The first-order valence-electron chi connectivity index (χ1n) is 5.28. The number of hydrogen-bond acceptors (Lipinski definition) is 4. The van der Waals surface area contributed by atoms with Crippen LogP contribution < -0.4 is 5.32 Å². The van der Waals surface area contributed by atoms with Gasteiger partial charge in [-0.05, 0) is 6.42 Å². The summed E-state index contributed by atoms with van der Waals surface area (Å²) in [7, 11) is 1.70. The van der Waals surface area contributed by atoms with Crippen LogP contribution in [0.1, 0.15) is 19.8 Å². The van der Waals surface area contributed by atoms with E-state index in [2.05, 4.69) is 12.2 Å². The quantitative estimate of drug-likeness (QED) is 0.645. The van der Waals surface area contributed by atoms with E-state index in [1.54, 1.807) is 7.11 Å². The molecular weight excluding hydrogens is 182 g/mol. The first kappa shape index (κ1) is 11.9. The van der Waals surface area contributed by atoms with Gasteiger partial charge >= 0.3 is 0 Å². The lowest BCUT2D eigenvalue weighted by molar-refractivity contribution is 0.113. The van der Waals surface area contributed by atoms with Gasteiger partial charge in [0.2, 0.25) is 0 Å². The van der Waals surface area contributed by atoms with E-state index in [-0.39, 0.29) is 12.1 Å².